The molecule has 0 aromatic rings. The fourth-order valence-corrected chi connectivity index (χ4v) is 1.68. The van der Waals surface area contributed by atoms with E-state index in [1.54, 1.807) is 7.05 Å². The Morgan fingerprint density at radius 2 is 1.79 bits per heavy atom. The quantitative estimate of drug-likeness (QED) is 0.384. The summed E-state index contributed by atoms with van der Waals surface area (Å²) in [7, 11) is 1.80. The van der Waals surface area contributed by atoms with Crippen molar-refractivity contribution in [3.63, 3.8) is 0 Å². The zero-order chi connectivity index (χ0) is 14.0. The van der Waals surface area contributed by atoms with Crippen LogP contribution in [0.5, 0.6) is 0 Å². The molecule has 0 heterocycles. The third-order valence-electron chi connectivity index (χ3n) is 2.75. The molecular weight excluding hydrogens is 353 g/mol. The third-order valence-corrected chi connectivity index (χ3v) is 2.75. The van der Waals surface area contributed by atoms with Gasteiger partial charge in [0.15, 0.2) is 5.96 Å². The lowest BCUT2D eigenvalue weighted by Crippen LogP contribution is -2.40. The predicted octanol–water partition coefficient (Wildman–Crippen LogP) is 2.88. The van der Waals surface area contributed by atoms with Gasteiger partial charge in [-0.3, -0.25) is 4.99 Å². The molecule has 0 aliphatic carbocycles. The van der Waals surface area contributed by atoms with Crippen molar-refractivity contribution in [1.82, 2.24) is 10.6 Å². The number of ether oxygens (including phenoxy) is 1. The molecule has 0 aromatic carbocycles. The Kier molecular flexibility index (Phi) is 14.5. The Morgan fingerprint density at radius 3 is 2.21 bits per heavy atom. The molecule has 0 radical (unpaired) electrons. The smallest absolute Gasteiger partial charge is 0.190 e. The highest BCUT2D eigenvalue weighted by molar-refractivity contribution is 14.0. The number of nitrogens with one attached hydrogen (secondary N) is 2. The first kappa shape index (κ1) is 21.3. The summed E-state index contributed by atoms with van der Waals surface area (Å²) in [6.45, 7) is 13.4. The molecule has 0 saturated heterocycles. The first-order valence-electron chi connectivity index (χ1n) is 7.07. The van der Waals surface area contributed by atoms with Gasteiger partial charge in [0.25, 0.3) is 0 Å². The first-order chi connectivity index (χ1) is 8.51. The number of rotatable bonds is 8. The molecular formula is C14H32IN3O. The second-order valence-electron chi connectivity index (χ2n) is 5.30. The van der Waals surface area contributed by atoms with E-state index in [0.717, 1.165) is 32.1 Å². The van der Waals surface area contributed by atoms with Crippen molar-refractivity contribution in [3.8, 4) is 0 Å². The Labute approximate surface area is 136 Å². The van der Waals surface area contributed by atoms with Crippen molar-refractivity contribution in [2.75, 3.05) is 26.7 Å². The Hall–Kier alpha value is -0.0400. The van der Waals surface area contributed by atoms with Crippen LogP contribution in [0.3, 0.4) is 0 Å². The molecule has 0 amide bonds. The van der Waals surface area contributed by atoms with E-state index in [2.05, 4.69) is 43.3 Å². The lowest BCUT2D eigenvalue weighted by molar-refractivity contribution is 0.0258. The van der Waals surface area contributed by atoms with Gasteiger partial charge in [0.2, 0.25) is 0 Å². The average Bonchev–Trinajstić information content (AvgIpc) is 2.31. The van der Waals surface area contributed by atoms with Crippen molar-refractivity contribution in [2.45, 2.75) is 47.1 Å². The van der Waals surface area contributed by atoms with Gasteiger partial charge in [0.05, 0.1) is 6.10 Å². The van der Waals surface area contributed by atoms with Crippen LogP contribution in [-0.2, 0) is 4.74 Å². The van der Waals surface area contributed by atoms with Crippen LogP contribution in [0.15, 0.2) is 4.99 Å². The first-order valence-corrected chi connectivity index (χ1v) is 7.07. The summed E-state index contributed by atoms with van der Waals surface area (Å²) in [6, 6.07) is 0. The number of aliphatic imine (C=N–C) groups is 1. The van der Waals surface area contributed by atoms with Crippen LogP contribution in [0.1, 0.15) is 41.0 Å². The number of nitrogens with zero attached hydrogens (tertiary/aromatic N) is 1. The molecule has 0 bridgehead atoms. The van der Waals surface area contributed by atoms with E-state index in [1.807, 2.05) is 6.92 Å². The van der Waals surface area contributed by atoms with Crippen LogP contribution in [0.2, 0.25) is 0 Å². The second kappa shape index (κ2) is 13.0. The number of hydrogen-bond acceptors (Lipinski definition) is 2. The highest BCUT2D eigenvalue weighted by atomic mass is 127. The minimum atomic E-state index is 0. The van der Waals surface area contributed by atoms with E-state index >= 15 is 0 Å². The maximum atomic E-state index is 5.72. The zero-order valence-electron chi connectivity index (χ0n) is 13.3. The van der Waals surface area contributed by atoms with Crippen molar-refractivity contribution >= 4 is 29.9 Å². The predicted molar refractivity (Wildman–Crippen MR) is 94.5 cm³/mol. The number of guanidine groups is 1. The monoisotopic (exact) mass is 385 g/mol. The van der Waals surface area contributed by atoms with Gasteiger partial charge in [-0.05, 0) is 25.2 Å². The molecule has 0 spiro atoms. The lowest BCUT2D eigenvalue weighted by Gasteiger charge is -2.21. The number of halogens is 1. The van der Waals surface area contributed by atoms with Gasteiger partial charge in [-0.2, -0.15) is 0 Å². The molecule has 0 aromatic heterocycles. The van der Waals surface area contributed by atoms with Crippen molar-refractivity contribution in [2.24, 2.45) is 16.8 Å². The van der Waals surface area contributed by atoms with Gasteiger partial charge in [-0.1, -0.05) is 27.7 Å². The van der Waals surface area contributed by atoms with E-state index in [9.17, 15) is 0 Å². The highest BCUT2D eigenvalue weighted by Gasteiger charge is 2.12. The van der Waals surface area contributed by atoms with Gasteiger partial charge in [-0.25, -0.2) is 0 Å². The molecule has 1 unspecified atom stereocenters. The molecule has 5 heteroatoms. The Bertz CT molecular complexity index is 233. The normalized spacial score (nSPS) is 13.4. The van der Waals surface area contributed by atoms with Gasteiger partial charge in [-0.15, -0.1) is 24.0 Å². The summed E-state index contributed by atoms with van der Waals surface area (Å²) >= 11 is 0. The van der Waals surface area contributed by atoms with Crippen LogP contribution >= 0.6 is 24.0 Å². The van der Waals surface area contributed by atoms with Crippen LogP contribution in [0.25, 0.3) is 0 Å². The van der Waals surface area contributed by atoms with E-state index in [4.69, 9.17) is 4.74 Å². The van der Waals surface area contributed by atoms with Crippen LogP contribution in [0, 0.1) is 11.8 Å². The summed E-state index contributed by atoms with van der Waals surface area (Å²) in [5.41, 5.74) is 0. The van der Waals surface area contributed by atoms with Crippen LogP contribution in [-0.4, -0.2) is 38.8 Å². The third kappa shape index (κ3) is 11.5. The van der Waals surface area contributed by atoms with Crippen molar-refractivity contribution in [1.29, 1.82) is 0 Å². The fourth-order valence-electron chi connectivity index (χ4n) is 1.68. The molecule has 116 valence electrons. The molecule has 0 rings (SSSR count). The molecule has 2 N–H and O–H groups in total. The fraction of sp³-hybridized carbons (Fsp3) is 0.929. The van der Waals surface area contributed by atoms with Gasteiger partial charge >= 0.3 is 0 Å². The summed E-state index contributed by atoms with van der Waals surface area (Å²) in [6.07, 6.45) is 1.33. The lowest BCUT2D eigenvalue weighted by atomic mass is 10.0. The zero-order valence-corrected chi connectivity index (χ0v) is 15.7. The van der Waals surface area contributed by atoms with E-state index in [1.165, 1.54) is 0 Å². The van der Waals surface area contributed by atoms with Crippen molar-refractivity contribution in [3.05, 3.63) is 0 Å². The maximum Gasteiger partial charge on any atom is 0.190 e. The topological polar surface area (TPSA) is 45.6 Å². The van der Waals surface area contributed by atoms with Crippen LogP contribution < -0.4 is 10.6 Å². The maximum absolute atomic E-state index is 5.72. The SMILES string of the molecule is CCOC(CCNC(=NC)NCC(C)C)C(C)C.I. The van der Waals surface area contributed by atoms with Crippen molar-refractivity contribution < 1.29 is 4.74 Å². The van der Waals surface area contributed by atoms with Crippen LogP contribution in [0.4, 0.5) is 0 Å². The second-order valence-corrected chi connectivity index (χ2v) is 5.30. The molecule has 1 atom stereocenters. The molecule has 19 heavy (non-hydrogen) atoms. The average molecular weight is 385 g/mol. The molecule has 0 aliphatic heterocycles. The summed E-state index contributed by atoms with van der Waals surface area (Å²) in [5, 5.41) is 6.63. The molecule has 0 fully saturated rings. The Balaban J connectivity index is 0. The van der Waals surface area contributed by atoms with Gasteiger partial charge < -0.3 is 15.4 Å². The Morgan fingerprint density at radius 1 is 1.16 bits per heavy atom. The standard InChI is InChI=1S/C14H31N3O.HI/c1-7-18-13(12(4)5)8-9-16-14(15-6)17-10-11(2)3;/h11-13H,7-10H2,1-6H3,(H2,15,16,17);1H. The summed E-state index contributed by atoms with van der Waals surface area (Å²) < 4.78 is 5.72. The molecule has 4 nitrogen and oxygen atoms in total. The largest absolute Gasteiger partial charge is 0.378 e. The van der Waals surface area contributed by atoms with E-state index < -0.39 is 0 Å². The minimum Gasteiger partial charge on any atom is -0.378 e. The minimum absolute atomic E-state index is 0. The van der Waals surface area contributed by atoms with E-state index in [0.29, 0.717) is 17.9 Å². The molecule has 0 aliphatic rings. The number of hydrogen-bond donors (Lipinski definition) is 2. The van der Waals surface area contributed by atoms with Gasteiger partial charge in [0.1, 0.15) is 0 Å². The van der Waals surface area contributed by atoms with Gasteiger partial charge in [0, 0.05) is 26.7 Å². The summed E-state index contributed by atoms with van der Waals surface area (Å²) in [5.74, 6) is 2.05. The highest BCUT2D eigenvalue weighted by Crippen LogP contribution is 2.09. The molecule has 0 saturated carbocycles. The van der Waals surface area contributed by atoms with E-state index in [-0.39, 0.29) is 24.0 Å². The summed E-state index contributed by atoms with van der Waals surface area (Å²) in [4.78, 5) is 4.20.